The third-order valence-electron chi connectivity index (χ3n) is 3.36. The highest BCUT2D eigenvalue weighted by Crippen LogP contribution is 2.38. The molecular formula is C15H10F6N4OS. The standard InChI is InChI=1S/C15H10F6N4OS/c1-7-6-22-12(8-3-4-10(27-8)15(19,20)21)23-13(7)26-11-5-9(14(16,17)18)24-25(11)2/h3-6H,1-2H3. The Balaban J connectivity index is 1.93. The largest absolute Gasteiger partial charge is 0.435 e. The van der Waals surface area contributed by atoms with E-state index in [1.165, 1.54) is 19.3 Å². The topological polar surface area (TPSA) is 52.8 Å². The van der Waals surface area contributed by atoms with Gasteiger partial charge in [0.15, 0.2) is 11.5 Å². The molecule has 3 heterocycles. The minimum atomic E-state index is -4.64. The second-order valence-electron chi connectivity index (χ2n) is 5.43. The second-order valence-corrected chi connectivity index (χ2v) is 6.52. The Morgan fingerprint density at radius 2 is 1.78 bits per heavy atom. The Morgan fingerprint density at radius 3 is 2.33 bits per heavy atom. The van der Waals surface area contributed by atoms with Crippen molar-refractivity contribution in [2.24, 2.45) is 7.05 Å². The molecule has 27 heavy (non-hydrogen) atoms. The fourth-order valence-corrected chi connectivity index (χ4v) is 2.86. The molecular weight excluding hydrogens is 398 g/mol. The van der Waals surface area contributed by atoms with E-state index in [1.54, 1.807) is 6.92 Å². The van der Waals surface area contributed by atoms with Crippen LogP contribution in [-0.4, -0.2) is 19.7 Å². The third-order valence-corrected chi connectivity index (χ3v) is 4.49. The molecule has 0 fully saturated rings. The van der Waals surface area contributed by atoms with Crippen LogP contribution in [-0.2, 0) is 19.4 Å². The maximum Gasteiger partial charge on any atom is 0.435 e. The number of nitrogens with zero attached hydrogens (tertiary/aromatic N) is 4. The molecule has 0 saturated carbocycles. The van der Waals surface area contributed by atoms with Crippen molar-refractivity contribution in [2.75, 3.05) is 0 Å². The fourth-order valence-electron chi connectivity index (χ4n) is 2.04. The summed E-state index contributed by atoms with van der Waals surface area (Å²) in [6.07, 6.45) is -7.82. The Labute approximate surface area is 152 Å². The monoisotopic (exact) mass is 408 g/mol. The summed E-state index contributed by atoms with van der Waals surface area (Å²) < 4.78 is 82.7. The molecule has 0 N–H and O–H groups in total. The van der Waals surface area contributed by atoms with Crippen LogP contribution in [0, 0.1) is 6.92 Å². The molecule has 3 rings (SSSR count). The summed E-state index contributed by atoms with van der Waals surface area (Å²) in [6, 6.07) is 2.82. The van der Waals surface area contributed by atoms with Gasteiger partial charge in [0.1, 0.15) is 4.88 Å². The first-order chi connectivity index (χ1) is 12.4. The lowest BCUT2D eigenvalue weighted by molar-refractivity contribution is -0.141. The lowest BCUT2D eigenvalue weighted by Gasteiger charge is -2.08. The van der Waals surface area contributed by atoms with E-state index >= 15 is 0 Å². The number of hydrogen-bond acceptors (Lipinski definition) is 5. The van der Waals surface area contributed by atoms with Crippen molar-refractivity contribution in [3.8, 4) is 22.5 Å². The molecule has 0 amide bonds. The molecule has 5 nitrogen and oxygen atoms in total. The van der Waals surface area contributed by atoms with Gasteiger partial charge < -0.3 is 4.74 Å². The van der Waals surface area contributed by atoms with Gasteiger partial charge in [-0.3, -0.25) is 0 Å². The van der Waals surface area contributed by atoms with E-state index in [0.717, 1.165) is 10.7 Å². The van der Waals surface area contributed by atoms with Gasteiger partial charge in [0.2, 0.25) is 11.8 Å². The summed E-state index contributed by atoms with van der Waals surface area (Å²) in [6.45, 7) is 1.55. The first-order valence-corrected chi connectivity index (χ1v) is 8.07. The Kier molecular flexibility index (Phi) is 4.62. The maximum absolute atomic E-state index is 12.7. The predicted octanol–water partition coefficient (Wildman–Crippen LogP) is 5.08. The zero-order valence-electron chi connectivity index (χ0n) is 13.7. The molecule has 3 aromatic heterocycles. The molecule has 0 aliphatic heterocycles. The number of aromatic nitrogens is 4. The van der Waals surface area contributed by atoms with E-state index < -0.39 is 22.9 Å². The van der Waals surface area contributed by atoms with Crippen molar-refractivity contribution in [3.63, 3.8) is 0 Å². The average molecular weight is 408 g/mol. The van der Waals surface area contributed by atoms with Gasteiger partial charge in [-0.1, -0.05) is 0 Å². The van der Waals surface area contributed by atoms with Crippen molar-refractivity contribution in [2.45, 2.75) is 19.3 Å². The van der Waals surface area contributed by atoms with Crippen LogP contribution < -0.4 is 4.74 Å². The lowest BCUT2D eigenvalue weighted by atomic mass is 10.3. The van der Waals surface area contributed by atoms with E-state index in [1.807, 2.05) is 0 Å². The number of aryl methyl sites for hydroxylation is 2. The second kappa shape index (κ2) is 6.51. The molecule has 0 atom stereocenters. The molecule has 0 bridgehead atoms. The van der Waals surface area contributed by atoms with Crippen molar-refractivity contribution < 1.29 is 31.1 Å². The van der Waals surface area contributed by atoms with Gasteiger partial charge in [-0.15, -0.1) is 11.3 Å². The first kappa shape index (κ1) is 19.1. The van der Waals surface area contributed by atoms with Gasteiger partial charge in [0.25, 0.3) is 0 Å². The van der Waals surface area contributed by atoms with Crippen LogP contribution in [0.4, 0.5) is 26.3 Å². The molecule has 0 aromatic carbocycles. The zero-order chi connectivity index (χ0) is 20.0. The minimum absolute atomic E-state index is 0.0330. The molecule has 0 unspecified atom stereocenters. The van der Waals surface area contributed by atoms with Gasteiger partial charge in [0.05, 0.1) is 4.88 Å². The zero-order valence-corrected chi connectivity index (χ0v) is 14.5. The summed E-state index contributed by atoms with van der Waals surface area (Å²) >= 11 is 0.453. The van der Waals surface area contributed by atoms with Crippen LogP contribution in [0.3, 0.4) is 0 Å². The first-order valence-electron chi connectivity index (χ1n) is 7.25. The summed E-state index contributed by atoms with van der Waals surface area (Å²) in [5.41, 5.74) is -0.749. The van der Waals surface area contributed by atoms with E-state index in [-0.39, 0.29) is 22.5 Å². The normalized spacial score (nSPS) is 12.4. The molecule has 12 heteroatoms. The van der Waals surface area contributed by atoms with E-state index in [2.05, 4.69) is 15.1 Å². The van der Waals surface area contributed by atoms with Crippen molar-refractivity contribution in [1.29, 1.82) is 0 Å². The van der Waals surface area contributed by atoms with E-state index in [9.17, 15) is 26.3 Å². The third kappa shape index (κ3) is 4.04. The number of rotatable bonds is 3. The maximum atomic E-state index is 12.7. The number of thiophene rings is 1. The lowest BCUT2D eigenvalue weighted by Crippen LogP contribution is -2.06. The highest BCUT2D eigenvalue weighted by molar-refractivity contribution is 7.15. The van der Waals surface area contributed by atoms with Gasteiger partial charge >= 0.3 is 12.4 Å². The molecule has 0 saturated heterocycles. The molecule has 144 valence electrons. The number of hydrogen-bond donors (Lipinski definition) is 0. The highest BCUT2D eigenvalue weighted by Gasteiger charge is 2.35. The Bertz CT molecular complexity index is 976. The van der Waals surface area contributed by atoms with Gasteiger partial charge in [-0.05, 0) is 19.1 Å². The summed E-state index contributed by atoms with van der Waals surface area (Å²) in [5, 5.41) is 3.32. The van der Waals surface area contributed by atoms with Crippen molar-refractivity contribution in [3.05, 3.63) is 40.5 Å². The van der Waals surface area contributed by atoms with Crippen molar-refractivity contribution in [1.82, 2.24) is 19.7 Å². The quantitative estimate of drug-likeness (QED) is 0.568. The molecule has 0 spiro atoms. The predicted molar refractivity (Wildman–Crippen MR) is 83.4 cm³/mol. The van der Waals surface area contributed by atoms with Crippen LogP contribution in [0.5, 0.6) is 11.8 Å². The van der Waals surface area contributed by atoms with Gasteiger partial charge in [-0.25, -0.2) is 9.67 Å². The minimum Gasteiger partial charge on any atom is -0.421 e. The number of alkyl halides is 6. The van der Waals surface area contributed by atoms with Crippen LogP contribution in [0.25, 0.3) is 10.7 Å². The number of halogens is 6. The van der Waals surface area contributed by atoms with Gasteiger partial charge in [0, 0.05) is 24.9 Å². The average Bonchev–Trinajstić information content (AvgIpc) is 3.16. The van der Waals surface area contributed by atoms with Crippen LogP contribution in [0.1, 0.15) is 16.1 Å². The fraction of sp³-hybridized carbons (Fsp3) is 0.267. The Morgan fingerprint density at radius 1 is 1.07 bits per heavy atom. The smallest absolute Gasteiger partial charge is 0.421 e. The van der Waals surface area contributed by atoms with E-state index in [0.29, 0.717) is 23.0 Å². The summed E-state index contributed by atoms with van der Waals surface area (Å²) in [5.74, 6) is -0.342. The molecule has 0 aliphatic rings. The van der Waals surface area contributed by atoms with Crippen LogP contribution >= 0.6 is 11.3 Å². The number of ether oxygens (including phenoxy) is 1. The van der Waals surface area contributed by atoms with Gasteiger partial charge in [-0.2, -0.15) is 36.4 Å². The SMILES string of the molecule is Cc1cnc(-c2ccc(C(F)(F)F)s2)nc1Oc1cc(C(F)(F)F)nn1C. The van der Waals surface area contributed by atoms with Crippen molar-refractivity contribution >= 4 is 11.3 Å². The van der Waals surface area contributed by atoms with Crippen LogP contribution in [0.2, 0.25) is 0 Å². The Hall–Kier alpha value is -2.63. The molecule has 0 aliphatic carbocycles. The summed E-state index contributed by atoms with van der Waals surface area (Å²) in [4.78, 5) is 7.33. The summed E-state index contributed by atoms with van der Waals surface area (Å²) in [7, 11) is 1.26. The molecule has 3 aromatic rings. The highest BCUT2D eigenvalue weighted by atomic mass is 32.1. The molecule has 0 radical (unpaired) electrons. The van der Waals surface area contributed by atoms with Crippen LogP contribution in [0.15, 0.2) is 24.4 Å². The van der Waals surface area contributed by atoms with E-state index in [4.69, 9.17) is 4.74 Å².